The van der Waals surface area contributed by atoms with Crippen molar-refractivity contribution in [1.29, 1.82) is 0 Å². The molecule has 1 atom stereocenters. The zero-order chi connectivity index (χ0) is 23.6. The number of amidine groups is 1. The molecule has 0 fully saturated rings. The van der Waals surface area contributed by atoms with E-state index in [-0.39, 0.29) is 11.2 Å². The number of hydrogen-bond donors (Lipinski definition) is 1. The third kappa shape index (κ3) is 6.10. The van der Waals surface area contributed by atoms with Gasteiger partial charge in [-0.15, -0.1) is 10.2 Å². The third-order valence-corrected chi connectivity index (χ3v) is 6.38. The predicted molar refractivity (Wildman–Crippen MR) is 122 cm³/mol. The molecule has 0 bridgehead atoms. The summed E-state index contributed by atoms with van der Waals surface area (Å²) in [5.41, 5.74) is 3.40. The van der Waals surface area contributed by atoms with E-state index >= 15 is 0 Å². The molecule has 2 aromatic carbocycles. The molecule has 1 aliphatic rings. The number of aliphatic imine (C=N–C) groups is 1. The van der Waals surface area contributed by atoms with Gasteiger partial charge in [-0.3, -0.25) is 9.83 Å². The number of alkyl halides is 3. The lowest BCUT2D eigenvalue weighted by Gasteiger charge is -2.23. The Morgan fingerprint density at radius 3 is 2.48 bits per heavy atom. The Bertz CT molecular complexity index is 1190. The van der Waals surface area contributed by atoms with Gasteiger partial charge in [0.25, 0.3) is 0 Å². The van der Waals surface area contributed by atoms with Gasteiger partial charge in [0.05, 0.1) is 23.8 Å². The maximum atomic E-state index is 12.8. The van der Waals surface area contributed by atoms with E-state index in [1.807, 2.05) is 6.07 Å². The molecule has 3 aromatic rings. The lowest BCUT2D eigenvalue weighted by Crippen LogP contribution is -2.37. The van der Waals surface area contributed by atoms with Crippen LogP contribution in [-0.4, -0.2) is 28.7 Å². The first-order chi connectivity index (χ1) is 15.7. The average molecular weight is 534 g/mol. The molecule has 2 heterocycles. The highest BCUT2D eigenvalue weighted by Gasteiger charge is 2.30. The van der Waals surface area contributed by atoms with E-state index in [1.165, 1.54) is 12.1 Å². The Morgan fingerprint density at radius 1 is 1.03 bits per heavy atom. The standard InChI is InChI=1S/C21H14Cl3F3N4OS/c22-13-4-1-11(17(23)8-13)7-14-10-32-31-19(28-14)16-9-18(24)29-30-20(16)33-15-5-2-12(3-6-15)21(25,26)27/h1-6,8-9,14H,7,10H2,(H,28,31)/t14-/m1/s1. The Hall–Kier alpha value is -2.04. The van der Waals surface area contributed by atoms with E-state index in [0.717, 1.165) is 29.5 Å². The van der Waals surface area contributed by atoms with E-state index in [4.69, 9.17) is 44.6 Å². The summed E-state index contributed by atoms with van der Waals surface area (Å²) in [6.45, 7) is 0.302. The molecule has 0 aliphatic carbocycles. The first-order valence-corrected chi connectivity index (χ1v) is 11.4. The van der Waals surface area contributed by atoms with Crippen LogP contribution in [0.15, 0.2) is 63.4 Å². The molecule has 4 rings (SSSR count). The van der Waals surface area contributed by atoms with Gasteiger partial charge in [-0.2, -0.15) is 13.2 Å². The number of aromatic nitrogens is 2. The van der Waals surface area contributed by atoms with Gasteiger partial charge in [0.15, 0.2) is 11.0 Å². The summed E-state index contributed by atoms with van der Waals surface area (Å²) in [5, 5.41) is 9.56. The van der Waals surface area contributed by atoms with Crippen molar-refractivity contribution in [3.05, 3.63) is 80.4 Å². The highest BCUT2D eigenvalue weighted by Crippen LogP contribution is 2.34. The maximum Gasteiger partial charge on any atom is 0.416 e. The van der Waals surface area contributed by atoms with Gasteiger partial charge >= 0.3 is 6.18 Å². The second-order valence-electron chi connectivity index (χ2n) is 6.99. The van der Waals surface area contributed by atoms with Crippen molar-refractivity contribution in [1.82, 2.24) is 15.7 Å². The monoisotopic (exact) mass is 532 g/mol. The summed E-state index contributed by atoms with van der Waals surface area (Å²) in [6, 6.07) is 11.3. The van der Waals surface area contributed by atoms with E-state index in [2.05, 4.69) is 15.7 Å². The molecule has 1 N–H and O–H groups in total. The largest absolute Gasteiger partial charge is 0.416 e. The van der Waals surface area contributed by atoms with Gasteiger partial charge in [-0.1, -0.05) is 52.6 Å². The average Bonchev–Trinajstić information content (AvgIpc) is 2.77. The fourth-order valence-electron chi connectivity index (χ4n) is 3.05. The summed E-state index contributed by atoms with van der Waals surface area (Å²) in [4.78, 5) is 10.8. The number of nitrogens with one attached hydrogen (secondary N) is 1. The van der Waals surface area contributed by atoms with Crippen LogP contribution in [-0.2, 0) is 17.4 Å². The summed E-state index contributed by atoms with van der Waals surface area (Å²) < 4.78 is 38.5. The van der Waals surface area contributed by atoms with Crippen molar-refractivity contribution in [3.63, 3.8) is 0 Å². The van der Waals surface area contributed by atoms with Crippen molar-refractivity contribution in [2.75, 3.05) is 6.61 Å². The molecule has 5 nitrogen and oxygen atoms in total. The fraction of sp³-hybridized carbons (Fsp3) is 0.190. The van der Waals surface area contributed by atoms with Crippen LogP contribution in [0.2, 0.25) is 15.2 Å². The number of rotatable bonds is 5. The van der Waals surface area contributed by atoms with E-state index < -0.39 is 11.7 Å². The van der Waals surface area contributed by atoms with Gasteiger partial charge < -0.3 is 0 Å². The number of benzene rings is 2. The molecule has 0 unspecified atom stereocenters. The highest BCUT2D eigenvalue weighted by molar-refractivity contribution is 7.99. The normalized spacial score (nSPS) is 16.3. The van der Waals surface area contributed by atoms with Crippen molar-refractivity contribution in [2.45, 2.75) is 28.6 Å². The van der Waals surface area contributed by atoms with Crippen LogP contribution in [0.4, 0.5) is 13.2 Å². The van der Waals surface area contributed by atoms with Crippen LogP contribution < -0.4 is 5.48 Å². The quantitative estimate of drug-likeness (QED) is 0.406. The Labute approximate surface area is 206 Å². The number of nitrogens with zero attached hydrogens (tertiary/aromatic N) is 3. The number of hydrogen-bond acceptors (Lipinski definition) is 6. The summed E-state index contributed by atoms with van der Waals surface area (Å²) in [6.07, 6.45) is -3.90. The second kappa shape index (κ2) is 10.1. The molecular formula is C21H14Cl3F3N4OS. The zero-order valence-corrected chi connectivity index (χ0v) is 19.6. The number of hydroxylamine groups is 1. The van der Waals surface area contributed by atoms with E-state index in [9.17, 15) is 13.2 Å². The smallest absolute Gasteiger partial charge is 0.272 e. The van der Waals surface area contributed by atoms with Crippen LogP contribution >= 0.6 is 46.6 Å². The molecular weight excluding hydrogens is 520 g/mol. The van der Waals surface area contributed by atoms with Gasteiger partial charge in [0.2, 0.25) is 0 Å². The van der Waals surface area contributed by atoms with Crippen molar-refractivity contribution in [3.8, 4) is 0 Å². The van der Waals surface area contributed by atoms with Crippen molar-refractivity contribution < 1.29 is 18.0 Å². The minimum Gasteiger partial charge on any atom is -0.272 e. The van der Waals surface area contributed by atoms with Gasteiger partial charge in [-0.25, -0.2) is 5.48 Å². The van der Waals surface area contributed by atoms with Crippen LogP contribution in [0.3, 0.4) is 0 Å². The van der Waals surface area contributed by atoms with Crippen LogP contribution in [0.5, 0.6) is 0 Å². The lowest BCUT2D eigenvalue weighted by molar-refractivity contribution is -0.137. The topological polar surface area (TPSA) is 59.4 Å². The highest BCUT2D eigenvalue weighted by atomic mass is 35.5. The molecule has 0 saturated heterocycles. The molecule has 12 heteroatoms. The summed E-state index contributed by atoms with van der Waals surface area (Å²) in [5.74, 6) is 0.377. The van der Waals surface area contributed by atoms with Crippen LogP contribution in [0, 0.1) is 0 Å². The third-order valence-electron chi connectivity index (χ3n) is 4.61. The first-order valence-electron chi connectivity index (χ1n) is 9.47. The SMILES string of the molecule is FC(F)(F)c1ccc(Sc2nnc(Cl)cc2C2=N[C@H](Cc3ccc(Cl)cc3Cl)CON2)cc1. The summed E-state index contributed by atoms with van der Waals surface area (Å²) >= 11 is 19.4. The van der Waals surface area contributed by atoms with Gasteiger partial charge in [0.1, 0.15) is 5.03 Å². The first kappa shape index (κ1) is 24.1. The fourth-order valence-corrected chi connectivity index (χ4v) is 4.52. The Balaban J connectivity index is 1.59. The molecule has 1 aliphatic heterocycles. The maximum absolute atomic E-state index is 12.8. The lowest BCUT2D eigenvalue weighted by atomic mass is 10.1. The minimum absolute atomic E-state index is 0.133. The summed E-state index contributed by atoms with van der Waals surface area (Å²) in [7, 11) is 0. The number of halogens is 6. The van der Waals surface area contributed by atoms with Crippen LogP contribution in [0.1, 0.15) is 16.7 Å². The van der Waals surface area contributed by atoms with E-state index in [0.29, 0.717) is 44.4 Å². The molecule has 172 valence electrons. The molecule has 33 heavy (non-hydrogen) atoms. The van der Waals surface area contributed by atoms with Crippen LogP contribution in [0.25, 0.3) is 0 Å². The molecule has 0 saturated carbocycles. The Morgan fingerprint density at radius 2 is 1.79 bits per heavy atom. The Kier molecular flexibility index (Phi) is 7.35. The molecule has 0 amide bonds. The zero-order valence-electron chi connectivity index (χ0n) is 16.5. The predicted octanol–water partition coefficient (Wildman–Crippen LogP) is 6.50. The van der Waals surface area contributed by atoms with E-state index in [1.54, 1.807) is 18.2 Å². The van der Waals surface area contributed by atoms with Crippen molar-refractivity contribution in [2.24, 2.45) is 4.99 Å². The minimum atomic E-state index is -4.41. The van der Waals surface area contributed by atoms with Gasteiger partial charge in [-0.05, 0) is 54.4 Å². The van der Waals surface area contributed by atoms with Gasteiger partial charge in [0, 0.05) is 14.9 Å². The second-order valence-corrected chi connectivity index (χ2v) is 9.29. The molecule has 0 radical (unpaired) electrons. The molecule has 0 spiro atoms. The van der Waals surface area contributed by atoms with Crippen molar-refractivity contribution >= 4 is 52.4 Å². The molecule has 1 aromatic heterocycles.